The number of hydrogen-bond donors (Lipinski definition) is 0. The predicted molar refractivity (Wildman–Crippen MR) is 89.6 cm³/mol. The summed E-state index contributed by atoms with van der Waals surface area (Å²) in [5, 5.41) is 0. The fraction of sp³-hybridized carbons (Fsp3) is 0.333. The summed E-state index contributed by atoms with van der Waals surface area (Å²) in [4.78, 5) is 9.19. The summed E-state index contributed by atoms with van der Waals surface area (Å²) in [6.07, 6.45) is 6.57. The Hall–Kier alpha value is -2.36. The van der Waals surface area contributed by atoms with Gasteiger partial charge < -0.3 is 4.90 Å². The van der Waals surface area contributed by atoms with Gasteiger partial charge in [-0.2, -0.15) is 0 Å². The molecule has 0 aliphatic carbocycles. The third-order valence-electron chi connectivity index (χ3n) is 4.21. The first-order valence-electron chi connectivity index (χ1n) is 7.63. The van der Waals surface area contributed by atoms with Crippen LogP contribution in [0.1, 0.15) is 23.9 Å². The molecule has 4 heteroatoms. The zero-order valence-corrected chi connectivity index (χ0v) is 13.9. The Morgan fingerprint density at radius 1 is 1.05 bits per heavy atom. The molecule has 4 nitrogen and oxygen atoms in total. The lowest BCUT2D eigenvalue weighted by molar-refractivity contribution is -0.659. The summed E-state index contributed by atoms with van der Waals surface area (Å²) < 4.78 is 2.15. The van der Waals surface area contributed by atoms with Gasteiger partial charge in [-0.3, -0.25) is 0 Å². The molecule has 2 aromatic rings. The highest BCUT2D eigenvalue weighted by molar-refractivity contribution is 5.61. The van der Waals surface area contributed by atoms with Crippen molar-refractivity contribution in [3.05, 3.63) is 59.8 Å². The van der Waals surface area contributed by atoms with E-state index in [0.29, 0.717) is 0 Å². The molecule has 0 saturated carbocycles. The molecular weight excluding hydrogens is 272 g/mol. The Morgan fingerprint density at radius 3 is 2.41 bits per heavy atom. The SMILES string of the molecule is Cc1c[n+](C)c(N2C=CN(c3ccccc3C)[C@H]2C)c(C)n1. The Bertz CT molecular complexity index is 713. The predicted octanol–water partition coefficient (Wildman–Crippen LogP) is 2.98. The summed E-state index contributed by atoms with van der Waals surface area (Å²) in [5.41, 5.74) is 4.61. The van der Waals surface area contributed by atoms with Gasteiger partial charge in [0.05, 0.1) is 12.7 Å². The van der Waals surface area contributed by atoms with Crippen LogP contribution in [0.4, 0.5) is 11.5 Å². The number of nitrogens with zero attached hydrogens (tertiary/aromatic N) is 4. The first-order chi connectivity index (χ1) is 10.5. The minimum absolute atomic E-state index is 0.218. The van der Waals surface area contributed by atoms with Gasteiger partial charge in [0.25, 0.3) is 0 Å². The smallest absolute Gasteiger partial charge is 0.304 e. The number of aromatic nitrogens is 2. The molecule has 0 amide bonds. The van der Waals surface area contributed by atoms with Crippen molar-refractivity contribution in [3.63, 3.8) is 0 Å². The van der Waals surface area contributed by atoms with Crippen LogP contribution < -0.4 is 14.4 Å². The molecule has 1 aromatic heterocycles. The van der Waals surface area contributed by atoms with Crippen LogP contribution in [-0.4, -0.2) is 11.1 Å². The lowest BCUT2D eigenvalue weighted by atomic mass is 10.2. The molecule has 2 heterocycles. The zero-order chi connectivity index (χ0) is 15.9. The number of anilines is 2. The van der Waals surface area contributed by atoms with E-state index in [0.717, 1.165) is 17.2 Å². The lowest BCUT2D eigenvalue weighted by Crippen LogP contribution is -2.44. The topological polar surface area (TPSA) is 23.2 Å². The van der Waals surface area contributed by atoms with Crippen molar-refractivity contribution in [3.8, 4) is 0 Å². The van der Waals surface area contributed by atoms with Gasteiger partial charge in [0.15, 0.2) is 6.17 Å². The molecule has 0 fully saturated rings. The first-order valence-corrected chi connectivity index (χ1v) is 7.63. The third-order valence-corrected chi connectivity index (χ3v) is 4.21. The van der Waals surface area contributed by atoms with E-state index in [1.54, 1.807) is 0 Å². The molecule has 1 aromatic carbocycles. The van der Waals surface area contributed by atoms with Crippen molar-refractivity contribution >= 4 is 11.5 Å². The van der Waals surface area contributed by atoms with E-state index in [1.807, 2.05) is 6.92 Å². The van der Waals surface area contributed by atoms with Crippen molar-refractivity contribution < 1.29 is 4.57 Å². The van der Waals surface area contributed by atoms with Crippen LogP contribution in [-0.2, 0) is 7.05 Å². The van der Waals surface area contributed by atoms with Crippen LogP contribution in [0.3, 0.4) is 0 Å². The molecule has 0 N–H and O–H groups in total. The maximum atomic E-state index is 4.61. The van der Waals surface area contributed by atoms with E-state index in [-0.39, 0.29) is 6.17 Å². The highest BCUT2D eigenvalue weighted by atomic mass is 15.4. The zero-order valence-electron chi connectivity index (χ0n) is 13.9. The van der Waals surface area contributed by atoms with Gasteiger partial charge in [-0.05, 0) is 39.3 Å². The van der Waals surface area contributed by atoms with Crippen LogP contribution in [0.25, 0.3) is 0 Å². The lowest BCUT2D eigenvalue weighted by Gasteiger charge is -2.26. The monoisotopic (exact) mass is 295 g/mol. The van der Waals surface area contributed by atoms with E-state index in [1.165, 1.54) is 11.3 Å². The fourth-order valence-electron chi connectivity index (χ4n) is 3.22. The van der Waals surface area contributed by atoms with Crippen molar-refractivity contribution in [1.29, 1.82) is 0 Å². The average Bonchev–Trinajstić information content (AvgIpc) is 2.80. The second kappa shape index (κ2) is 5.44. The third kappa shape index (κ3) is 2.34. The average molecular weight is 295 g/mol. The maximum Gasteiger partial charge on any atom is 0.304 e. The normalized spacial score (nSPS) is 17.4. The summed E-state index contributed by atoms with van der Waals surface area (Å²) in [6.45, 7) is 8.46. The van der Waals surface area contributed by atoms with Crippen LogP contribution in [0.2, 0.25) is 0 Å². The minimum atomic E-state index is 0.218. The minimum Gasteiger partial charge on any atom is -0.305 e. The van der Waals surface area contributed by atoms with Crippen LogP contribution in [0, 0.1) is 20.8 Å². The Balaban J connectivity index is 1.97. The molecule has 0 unspecified atom stereocenters. The molecule has 0 saturated heterocycles. The second-order valence-electron chi connectivity index (χ2n) is 5.93. The van der Waals surface area contributed by atoms with E-state index in [2.05, 4.69) is 90.0 Å². The number of benzene rings is 1. The van der Waals surface area contributed by atoms with E-state index < -0.39 is 0 Å². The van der Waals surface area contributed by atoms with E-state index >= 15 is 0 Å². The van der Waals surface area contributed by atoms with Gasteiger partial charge in [0.1, 0.15) is 18.1 Å². The Morgan fingerprint density at radius 2 is 1.73 bits per heavy atom. The second-order valence-corrected chi connectivity index (χ2v) is 5.93. The summed E-state index contributed by atoms with van der Waals surface area (Å²) in [6, 6.07) is 8.48. The number of rotatable bonds is 2. The van der Waals surface area contributed by atoms with Gasteiger partial charge in [0.2, 0.25) is 0 Å². The van der Waals surface area contributed by atoms with Crippen molar-refractivity contribution in [2.45, 2.75) is 33.9 Å². The number of aryl methyl sites for hydroxylation is 4. The van der Waals surface area contributed by atoms with Crippen molar-refractivity contribution in [2.75, 3.05) is 9.80 Å². The Labute approximate surface area is 132 Å². The molecule has 0 spiro atoms. The Kier molecular flexibility index (Phi) is 3.61. The quantitative estimate of drug-likeness (QED) is 0.796. The fourth-order valence-corrected chi connectivity index (χ4v) is 3.22. The molecule has 114 valence electrons. The molecule has 0 radical (unpaired) electrons. The maximum absolute atomic E-state index is 4.61. The summed E-state index contributed by atoms with van der Waals surface area (Å²) >= 11 is 0. The summed E-state index contributed by atoms with van der Waals surface area (Å²) in [7, 11) is 2.08. The van der Waals surface area contributed by atoms with Crippen LogP contribution in [0.15, 0.2) is 42.9 Å². The molecular formula is C18H23N4+. The standard InChI is InChI=1S/C18H23N4/c1-13-8-6-7-9-17(13)21-10-11-22(16(21)4)18-15(3)19-14(2)12-20(18)5/h6-12,16H,1-5H3/q+1/t16-/m1/s1. The molecule has 22 heavy (non-hydrogen) atoms. The van der Waals surface area contributed by atoms with Gasteiger partial charge in [-0.25, -0.2) is 14.5 Å². The molecule has 1 atom stereocenters. The van der Waals surface area contributed by atoms with Gasteiger partial charge in [0, 0.05) is 11.9 Å². The highest BCUT2D eigenvalue weighted by Gasteiger charge is 2.34. The molecule has 1 aliphatic rings. The van der Waals surface area contributed by atoms with Crippen molar-refractivity contribution in [1.82, 2.24) is 4.98 Å². The van der Waals surface area contributed by atoms with Gasteiger partial charge >= 0.3 is 5.82 Å². The van der Waals surface area contributed by atoms with E-state index in [9.17, 15) is 0 Å². The van der Waals surface area contributed by atoms with Gasteiger partial charge in [-0.1, -0.05) is 18.2 Å². The van der Waals surface area contributed by atoms with Crippen LogP contribution >= 0.6 is 0 Å². The van der Waals surface area contributed by atoms with Crippen molar-refractivity contribution in [2.24, 2.45) is 7.05 Å². The number of hydrogen-bond acceptors (Lipinski definition) is 3. The highest BCUT2D eigenvalue weighted by Crippen LogP contribution is 2.30. The van der Waals surface area contributed by atoms with Crippen LogP contribution in [0.5, 0.6) is 0 Å². The van der Waals surface area contributed by atoms with E-state index in [4.69, 9.17) is 0 Å². The largest absolute Gasteiger partial charge is 0.305 e. The van der Waals surface area contributed by atoms with Gasteiger partial charge in [-0.15, -0.1) is 0 Å². The molecule has 3 rings (SSSR count). The molecule has 1 aliphatic heterocycles. The first kappa shape index (κ1) is 14.6. The number of para-hydroxylation sites is 1. The molecule has 0 bridgehead atoms. The summed E-state index contributed by atoms with van der Waals surface area (Å²) in [5.74, 6) is 1.13.